The molecule has 0 bridgehead atoms. The van der Waals surface area contributed by atoms with Gasteiger partial charge in [-0.25, -0.2) is 22.0 Å². The van der Waals surface area contributed by atoms with Gasteiger partial charge in [-0.3, -0.25) is 4.18 Å². The van der Waals surface area contributed by atoms with Gasteiger partial charge in [-0.2, -0.15) is 0 Å². The van der Waals surface area contributed by atoms with E-state index in [0.29, 0.717) is 15.5 Å². The first-order chi connectivity index (χ1) is 17.0. The normalized spacial score (nSPS) is 11.4. The summed E-state index contributed by atoms with van der Waals surface area (Å²) in [5, 5.41) is 0. The number of para-hydroxylation sites is 1. The molecule has 4 rings (SSSR count). The summed E-state index contributed by atoms with van der Waals surface area (Å²) in [5.74, 6) is -13.0. The highest BCUT2D eigenvalue weighted by Crippen LogP contribution is 2.31. The zero-order chi connectivity index (χ0) is 26.5. The quantitative estimate of drug-likeness (QED) is 0.0911. The van der Waals surface area contributed by atoms with Crippen molar-refractivity contribution >= 4 is 22.7 Å². The minimum Gasteiger partial charge on any atom is -0.445 e. The lowest BCUT2D eigenvalue weighted by Crippen LogP contribution is -2.41. The van der Waals surface area contributed by atoms with Crippen LogP contribution in [0.5, 0.6) is 5.75 Å². The molecule has 0 fully saturated rings. The van der Waals surface area contributed by atoms with E-state index >= 15 is 0 Å². The largest absolute Gasteiger partial charge is 0.515 e. The molecule has 0 aromatic heterocycles. The van der Waals surface area contributed by atoms with Gasteiger partial charge in [0.15, 0.2) is 23.2 Å². The van der Waals surface area contributed by atoms with Crippen LogP contribution in [0.1, 0.15) is 0 Å². The number of hydrogen-bond acceptors (Lipinski definition) is 2. The standard InChI is InChI=1S/C18H15O2S.C6BF8/c19-21(17-12-6-2-7-13-17,18-14-8-3-9-15-18)20-16-10-4-1-5-11-16;8-2-1(7(13,14)15)3(9)5(11)6(12)4(2)10/h1-15H;/q+1;-1. The molecular formula is C24H15BF8O2S. The molecule has 0 aliphatic rings. The Morgan fingerprint density at radius 2 is 0.861 bits per heavy atom. The average molecular weight is 530 g/mol. The summed E-state index contributed by atoms with van der Waals surface area (Å²) in [5.41, 5.74) is -2.73. The van der Waals surface area contributed by atoms with Crippen molar-refractivity contribution in [2.24, 2.45) is 0 Å². The fraction of sp³-hybridized carbons (Fsp3) is 0. The van der Waals surface area contributed by atoms with E-state index in [9.17, 15) is 39.1 Å². The Labute approximate surface area is 201 Å². The van der Waals surface area contributed by atoms with Crippen LogP contribution in [0.25, 0.3) is 0 Å². The number of halogens is 8. The van der Waals surface area contributed by atoms with Gasteiger partial charge in [0, 0.05) is 0 Å². The number of benzene rings is 4. The maximum Gasteiger partial charge on any atom is 0.515 e. The molecule has 2 nitrogen and oxygen atoms in total. The van der Waals surface area contributed by atoms with E-state index in [-0.39, 0.29) is 0 Å². The fourth-order valence-corrected chi connectivity index (χ4v) is 4.83. The summed E-state index contributed by atoms with van der Waals surface area (Å²) in [7, 11) is -2.80. The molecule has 0 aliphatic heterocycles. The van der Waals surface area contributed by atoms with Crippen molar-refractivity contribution in [1.82, 2.24) is 0 Å². The molecule has 0 spiro atoms. The smallest absolute Gasteiger partial charge is 0.445 e. The zero-order valence-corrected chi connectivity index (χ0v) is 18.8. The molecule has 0 radical (unpaired) electrons. The molecular weight excluding hydrogens is 515 g/mol. The minimum absolute atomic E-state index is 0.593. The molecule has 0 atom stereocenters. The summed E-state index contributed by atoms with van der Waals surface area (Å²) in [6.45, 7) is -6.30. The van der Waals surface area contributed by atoms with Crippen molar-refractivity contribution in [2.75, 3.05) is 0 Å². The first-order valence-corrected chi connectivity index (χ1v) is 11.5. The van der Waals surface area contributed by atoms with E-state index in [4.69, 9.17) is 4.18 Å². The Bertz CT molecular complexity index is 1300. The van der Waals surface area contributed by atoms with E-state index in [2.05, 4.69) is 0 Å². The van der Waals surface area contributed by atoms with Crippen LogP contribution in [0.4, 0.5) is 34.9 Å². The Balaban J connectivity index is 0.000000214. The van der Waals surface area contributed by atoms with Crippen molar-refractivity contribution < 1.29 is 43.3 Å². The number of rotatable bonds is 5. The van der Waals surface area contributed by atoms with Gasteiger partial charge in [0.05, 0.1) is 0 Å². The van der Waals surface area contributed by atoms with Gasteiger partial charge < -0.3 is 12.9 Å². The third kappa shape index (κ3) is 5.76. The lowest BCUT2D eigenvalue weighted by Gasteiger charge is -2.17. The lowest BCUT2D eigenvalue weighted by molar-refractivity contribution is 0.377. The second kappa shape index (κ2) is 10.9. The van der Waals surface area contributed by atoms with Gasteiger partial charge in [0.2, 0.25) is 9.79 Å². The average Bonchev–Trinajstić information content (AvgIpc) is 2.87. The van der Waals surface area contributed by atoms with Crippen LogP contribution >= 0.6 is 0 Å². The van der Waals surface area contributed by atoms with Gasteiger partial charge in [-0.1, -0.05) is 54.6 Å². The maximum atomic E-state index is 13.5. The zero-order valence-electron chi connectivity index (χ0n) is 18.0. The van der Waals surface area contributed by atoms with Crippen LogP contribution in [0, 0.1) is 29.1 Å². The van der Waals surface area contributed by atoms with E-state index in [1.165, 1.54) is 0 Å². The summed E-state index contributed by atoms with van der Waals surface area (Å²) in [4.78, 5) is 1.33. The first kappa shape index (κ1) is 26.9. The van der Waals surface area contributed by atoms with E-state index < -0.39 is 51.7 Å². The lowest BCUT2D eigenvalue weighted by atomic mass is 9.79. The molecule has 0 unspecified atom stereocenters. The molecule has 0 aliphatic carbocycles. The number of hydrogen-bond donors (Lipinski definition) is 0. The Kier molecular flexibility index (Phi) is 8.19. The van der Waals surface area contributed by atoms with Crippen molar-refractivity contribution in [3.63, 3.8) is 0 Å². The first-order valence-electron chi connectivity index (χ1n) is 10.1. The second-order valence-electron chi connectivity index (χ2n) is 7.08. The minimum atomic E-state index is -6.30. The Morgan fingerprint density at radius 3 is 1.22 bits per heavy atom. The molecule has 0 saturated carbocycles. The van der Waals surface area contributed by atoms with Crippen LogP contribution in [0.2, 0.25) is 0 Å². The van der Waals surface area contributed by atoms with Gasteiger partial charge in [-0.05, 0) is 46.1 Å². The van der Waals surface area contributed by atoms with Crippen molar-refractivity contribution in [3.8, 4) is 5.75 Å². The third-order valence-electron chi connectivity index (χ3n) is 4.63. The van der Waals surface area contributed by atoms with Crippen LogP contribution < -0.4 is 9.65 Å². The van der Waals surface area contributed by atoms with E-state index in [1.807, 2.05) is 91.0 Å². The van der Waals surface area contributed by atoms with Gasteiger partial charge in [-0.15, -0.1) is 0 Å². The van der Waals surface area contributed by atoms with Crippen LogP contribution in [0.3, 0.4) is 0 Å². The summed E-state index contributed by atoms with van der Waals surface area (Å²) >= 11 is 0. The van der Waals surface area contributed by atoms with E-state index in [0.717, 1.165) is 0 Å². The van der Waals surface area contributed by atoms with Crippen LogP contribution in [-0.2, 0) is 14.4 Å². The Hall–Kier alpha value is -3.67. The second-order valence-corrected chi connectivity index (χ2v) is 9.20. The summed E-state index contributed by atoms with van der Waals surface area (Å²) in [6.07, 6.45) is 0. The Morgan fingerprint density at radius 1 is 0.528 bits per heavy atom. The molecule has 4 aromatic rings. The monoisotopic (exact) mass is 530 g/mol. The highest BCUT2D eigenvalue weighted by molar-refractivity contribution is 7.99. The van der Waals surface area contributed by atoms with Crippen LogP contribution in [0.15, 0.2) is 101 Å². The van der Waals surface area contributed by atoms with Gasteiger partial charge >= 0.3 is 17.2 Å². The van der Waals surface area contributed by atoms with Crippen molar-refractivity contribution in [1.29, 1.82) is 0 Å². The van der Waals surface area contributed by atoms with Crippen molar-refractivity contribution in [2.45, 2.75) is 9.79 Å². The molecule has 0 N–H and O–H groups in total. The molecule has 188 valence electrons. The molecule has 36 heavy (non-hydrogen) atoms. The van der Waals surface area contributed by atoms with Crippen molar-refractivity contribution in [3.05, 3.63) is 120 Å². The van der Waals surface area contributed by atoms with E-state index in [1.54, 1.807) is 0 Å². The summed E-state index contributed by atoms with van der Waals surface area (Å²) < 4.78 is 117. The maximum absolute atomic E-state index is 13.5. The molecule has 4 aromatic carbocycles. The van der Waals surface area contributed by atoms with Gasteiger partial charge in [0.1, 0.15) is 11.6 Å². The highest BCUT2D eigenvalue weighted by Gasteiger charge is 2.39. The highest BCUT2D eigenvalue weighted by atomic mass is 32.3. The third-order valence-corrected chi connectivity index (χ3v) is 6.85. The summed E-state index contributed by atoms with van der Waals surface area (Å²) in [6, 6.07) is 27.9. The topological polar surface area (TPSA) is 26.3 Å². The molecule has 12 heteroatoms. The SMILES string of the molecule is Fc1c(F)c(F)c([B-](F)(F)F)c(F)c1F.O=[S+](Oc1ccccc1)(c1ccccc1)c1ccccc1. The van der Waals surface area contributed by atoms with Crippen LogP contribution in [-0.4, -0.2) is 6.98 Å². The predicted octanol–water partition coefficient (Wildman–Crippen LogP) is 7.03. The molecule has 0 amide bonds. The molecule has 0 saturated heterocycles. The molecule has 0 heterocycles. The fourth-order valence-electron chi connectivity index (χ4n) is 2.95. The predicted molar refractivity (Wildman–Crippen MR) is 119 cm³/mol. The van der Waals surface area contributed by atoms with Gasteiger partial charge in [0.25, 0.3) is 0 Å².